The van der Waals surface area contributed by atoms with Gasteiger partial charge in [-0.2, -0.15) is 5.10 Å². The minimum absolute atomic E-state index is 0.103. The first-order valence-electron chi connectivity index (χ1n) is 11.7. The quantitative estimate of drug-likeness (QED) is 0.296. The number of nitrogens with two attached hydrogens (primary N) is 2. The molecule has 3 aliphatic carbocycles. The Labute approximate surface area is 171 Å². The molecule has 0 aromatic carbocycles. The smallest absolute Gasteiger partial charge is 0.159 e. The highest BCUT2D eigenvalue weighted by Gasteiger charge is 2.59. The number of nitrogens with zero attached hydrogens (tertiary/aromatic N) is 2. The van der Waals surface area contributed by atoms with Gasteiger partial charge in [0.25, 0.3) is 0 Å². The van der Waals surface area contributed by atoms with Crippen LogP contribution in [0, 0.1) is 46.8 Å². The first-order chi connectivity index (χ1) is 13.4. The molecule has 5 heteroatoms. The predicted molar refractivity (Wildman–Crippen MR) is 115 cm³/mol. The van der Waals surface area contributed by atoms with E-state index in [9.17, 15) is 4.79 Å². The van der Waals surface area contributed by atoms with Crippen LogP contribution in [-0.2, 0) is 4.79 Å². The van der Waals surface area contributed by atoms with Gasteiger partial charge in [-0.3, -0.25) is 4.79 Å². The lowest BCUT2D eigenvalue weighted by Gasteiger charge is -2.54. The Morgan fingerprint density at radius 2 is 2.00 bits per heavy atom. The van der Waals surface area contributed by atoms with Crippen molar-refractivity contribution in [3.05, 3.63) is 0 Å². The Bertz CT molecular complexity index is 579. The topological polar surface area (TPSA) is 84.7 Å². The Morgan fingerprint density at radius 1 is 1.25 bits per heavy atom. The Kier molecular flexibility index (Phi) is 6.73. The van der Waals surface area contributed by atoms with Gasteiger partial charge < -0.3 is 5.73 Å². The highest BCUT2D eigenvalue weighted by molar-refractivity contribution is 5.84. The summed E-state index contributed by atoms with van der Waals surface area (Å²) in [5, 5.41) is 5.04. The van der Waals surface area contributed by atoms with Crippen molar-refractivity contribution in [2.24, 2.45) is 63.5 Å². The maximum Gasteiger partial charge on any atom is 0.159 e. The summed E-state index contributed by atoms with van der Waals surface area (Å²) in [6.45, 7) is 9.59. The van der Waals surface area contributed by atoms with E-state index in [4.69, 9.17) is 11.6 Å². The molecule has 0 amide bonds. The summed E-state index contributed by atoms with van der Waals surface area (Å²) < 4.78 is 0. The number of hydrogen-bond donors (Lipinski definition) is 2. The van der Waals surface area contributed by atoms with Gasteiger partial charge in [0.2, 0.25) is 0 Å². The second-order valence-electron chi connectivity index (χ2n) is 10.2. The van der Waals surface area contributed by atoms with E-state index in [1.54, 1.807) is 0 Å². The molecule has 3 aliphatic rings. The lowest BCUT2D eigenvalue weighted by atomic mass is 9.50. The van der Waals surface area contributed by atoms with E-state index in [0.29, 0.717) is 11.8 Å². The summed E-state index contributed by atoms with van der Waals surface area (Å²) in [5.41, 5.74) is 5.45. The molecular weight excluding hydrogens is 348 g/mol. The largest absolute Gasteiger partial charge is 0.388 e. The predicted octanol–water partition coefficient (Wildman–Crippen LogP) is 4.17. The van der Waals surface area contributed by atoms with Crippen LogP contribution in [0.2, 0.25) is 0 Å². The Balaban J connectivity index is 1.80. The zero-order valence-corrected chi connectivity index (χ0v) is 18.4. The number of fused-ring (bicyclic) bond motifs is 3. The standard InChI is InChI=1S/C23H42N4O/c1-5-7-17-16(6-2)8-9-19-18(17)10-11-23(4)20(19)12-15(3)22(23)21(28)13-27(25)26-14-24/h14-20,22H,5-13,25H2,1-4H3,(H2,24,26). The summed E-state index contributed by atoms with van der Waals surface area (Å²) in [5.74, 6) is 10.8. The second-order valence-corrected chi connectivity index (χ2v) is 10.2. The maximum atomic E-state index is 13.2. The van der Waals surface area contributed by atoms with E-state index >= 15 is 0 Å². The van der Waals surface area contributed by atoms with E-state index < -0.39 is 0 Å². The van der Waals surface area contributed by atoms with E-state index in [0.717, 1.165) is 30.0 Å². The van der Waals surface area contributed by atoms with E-state index in [2.05, 4.69) is 32.8 Å². The molecule has 3 rings (SSSR count). The zero-order chi connectivity index (χ0) is 20.5. The van der Waals surface area contributed by atoms with Crippen molar-refractivity contribution in [1.82, 2.24) is 5.12 Å². The van der Waals surface area contributed by atoms with E-state index in [1.807, 2.05) is 0 Å². The third-order valence-corrected chi connectivity index (χ3v) is 8.89. The molecule has 0 saturated heterocycles. The molecular formula is C23H42N4O. The van der Waals surface area contributed by atoms with Crippen molar-refractivity contribution in [2.45, 2.75) is 79.1 Å². The molecule has 0 aromatic heterocycles. The number of rotatable bonds is 7. The van der Waals surface area contributed by atoms with Crippen LogP contribution >= 0.6 is 0 Å². The van der Waals surface area contributed by atoms with Crippen LogP contribution in [0.1, 0.15) is 79.1 Å². The third-order valence-electron chi connectivity index (χ3n) is 8.89. The average molecular weight is 391 g/mol. The van der Waals surface area contributed by atoms with Gasteiger partial charge in [0, 0.05) is 5.92 Å². The number of hydrogen-bond acceptors (Lipinski definition) is 4. The molecule has 0 radical (unpaired) electrons. The van der Waals surface area contributed by atoms with Crippen molar-refractivity contribution >= 4 is 12.1 Å². The summed E-state index contributed by atoms with van der Waals surface area (Å²) in [6, 6.07) is 0. The highest BCUT2D eigenvalue weighted by Crippen LogP contribution is 2.65. The summed E-state index contributed by atoms with van der Waals surface area (Å²) in [6.07, 6.45) is 11.7. The van der Waals surface area contributed by atoms with Crippen LogP contribution in [0.5, 0.6) is 0 Å². The summed E-state index contributed by atoms with van der Waals surface area (Å²) >= 11 is 0. The van der Waals surface area contributed by atoms with Gasteiger partial charge in [-0.1, -0.05) is 47.0 Å². The van der Waals surface area contributed by atoms with Crippen LogP contribution in [0.4, 0.5) is 0 Å². The normalized spacial score (nSPS) is 43.0. The minimum Gasteiger partial charge on any atom is -0.388 e. The molecule has 3 fully saturated rings. The molecule has 0 heterocycles. The van der Waals surface area contributed by atoms with Gasteiger partial charge in [-0.25, -0.2) is 11.0 Å². The summed E-state index contributed by atoms with van der Waals surface area (Å²) in [4.78, 5) is 13.2. The fraction of sp³-hybridized carbons (Fsp3) is 0.913. The van der Waals surface area contributed by atoms with Gasteiger partial charge in [0.05, 0.1) is 0 Å². The Morgan fingerprint density at radius 3 is 2.64 bits per heavy atom. The fourth-order valence-corrected chi connectivity index (χ4v) is 7.96. The number of Topliss-reactive ketones (excluding diaryl/α,β-unsaturated/α-hetero) is 1. The van der Waals surface area contributed by atoms with Gasteiger partial charge >= 0.3 is 0 Å². The van der Waals surface area contributed by atoms with Crippen LogP contribution in [-0.4, -0.2) is 23.8 Å². The van der Waals surface area contributed by atoms with Crippen LogP contribution in [0.15, 0.2) is 5.10 Å². The molecule has 0 spiro atoms. The van der Waals surface area contributed by atoms with Gasteiger partial charge in [0.15, 0.2) is 5.78 Å². The molecule has 0 aromatic rings. The lowest BCUT2D eigenvalue weighted by Crippen LogP contribution is -2.49. The van der Waals surface area contributed by atoms with Crippen LogP contribution < -0.4 is 11.6 Å². The Hall–Kier alpha value is -1.10. The second kappa shape index (κ2) is 8.73. The van der Waals surface area contributed by atoms with Gasteiger partial charge in [-0.05, 0) is 73.0 Å². The van der Waals surface area contributed by atoms with Gasteiger partial charge in [-0.15, -0.1) is 0 Å². The number of hydrazine groups is 1. The van der Waals surface area contributed by atoms with Crippen molar-refractivity contribution < 1.29 is 4.79 Å². The molecule has 28 heavy (non-hydrogen) atoms. The average Bonchev–Trinajstić information content (AvgIpc) is 2.92. The molecule has 8 unspecified atom stereocenters. The maximum absolute atomic E-state index is 13.2. The highest BCUT2D eigenvalue weighted by atomic mass is 16.1. The molecule has 5 nitrogen and oxygen atoms in total. The van der Waals surface area contributed by atoms with Crippen LogP contribution in [0.25, 0.3) is 0 Å². The van der Waals surface area contributed by atoms with E-state index in [-0.39, 0.29) is 23.7 Å². The molecule has 160 valence electrons. The number of carbonyl (C=O) groups excluding carboxylic acids is 1. The molecule has 3 saturated carbocycles. The molecule has 0 aliphatic heterocycles. The fourth-order valence-electron chi connectivity index (χ4n) is 7.96. The number of ketones is 1. The molecule has 0 bridgehead atoms. The summed E-state index contributed by atoms with van der Waals surface area (Å²) in [7, 11) is 0. The van der Waals surface area contributed by atoms with Crippen molar-refractivity contribution in [2.75, 3.05) is 6.54 Å². The first-order valence-corrected chi connectivity index (χ1v) is 11.7. The third kappa shape index (κ3) is 3.71. The first kappa shape index (κ1) is 21.6. The number of carbonyl (C=O) groups is 1. The van der Waals surface area contributed by atoms with Crippen molar-refractivity contribution in [3.63, 3.8) is 0 Å². The van der Waals surface area contributed by atoms with Gasteiger partial charge in [0.1, 0.15) is 12.9 Å². The van der Waals surface area contributed by atoms with E-state index in [1.165, 1.54) is 56.5 Å². The zero-order valence-electron chi connectivity index (χ0n) is 18.4. The lowest BCUT2D eigenvalue weighted by molar-refractivity contribution is -0.132. The van der Waals surface area contributed by atoms with Crippen LogP contribution in [0.3, 0.4) is 0 Å². The SMILES string of the molecule is CCCC1C(CC)CCC2C1CCC1(C)C2CC(C)C1C(=O)CN(N)/N=C\N. The number of hydrazone groups is 1. The van der Waals surface area contributed by atoms with Crippen molar-refractivity contribution in [3.8, 4) is 0 Å². The minimum atomic E-state index is 0.103. The molecule has 4 N–H and O–H groups in total. The molecule has 8 atom stereocenters. The monoisotopic (exact) mass is 390 g/mol. The van der Waals surface area contributed by atoms with Crippen molar-refractivity contribution in [1.29, 1.82) is 0 Å².